The zero-order valence-electron chi connectivity index (χ0n) is 13.3. The van der Waals surface area contributed by atoms with E-state index < -0.39 is 12.0 Å². The van der Waals surface area contributed by atoms with Gasteiger partial charge in [0.05, 0.1) is 13.5 Å². The van der Waals surface area contributed by atoms with Crippen molar-refractivity contribution in [2.24, 2.45) is 5.92 Å². The largest absolute Gasteiger partial charge is 0.469 e. The number of benzene rings is 1. The Balaban J connectivity index is 1.70. The minimum absolute atomic E-state index is 0.0434. The SMILES string of the molecule is COC(=O)C[C@@H]1C(=O)NCCN1C(=O)[C@@H]1C[C@@H]1c1ccc(F)cc1. The Morgan fingerprint density at radius 2 is 2.04 bits per heavy atom. The number of carbonyl (C=O) groups excluding carboxylic acids is 3. The van der Waals surface area contributed by atoms with Crippen molar-refractivity contribution in [3.8, 4) is 0 Å². The Morgan fingerprint density at radius 3 is 2.71 bits per heavy atom. The first kappa shape index (κ1) is 16.4. The smallest absolute Gasteiger partial charge is 0.308 e. The van der Waals surface area contributed by atoms with Gasteiger partial charge in [-0.1, -0.05) is 12.1 Å². The molecule has 3 atom stereocenters. The number of piperazine rings is 1. The summed E-state index contributed by atoms with van der Waals surface area (Å²) in [7, 11) is 1.25. The van der Waals surface area contributed by atoms with Gasteiger partial charge in [-0.2, -0.15) is 0 Å². The van der Waals surface area contributed by atoms with Crippen LogP contribution in [0, 0.1) is 11.7 Å². The average molecular weight is 334 g/mol. The molecule has 2 amide bonds. The Labute approximate surface area is 139 Å². The van der Waals surface area contributed by atoms with Crippen LogP contribution < -0.4 is 5.32 Å². The maximum absolute atomic E-state index is 13.0. The molecule has 6 nitrogen and oxygen atoms in total. The van der Waals surface area contributed by atoms with E-state index in [0.29, 0.717) is 19.5 Å². The van der Waals surface area contributed by atoms with Gasteiger partial charge in [-0.05, 0) is 30.0 Å². The summed E-state index contributed by atoms with van der Waals surface area (Å²) in [4.78, 5) is 37.8. The standard InChI is InChI=1S/C17H19FN2O4/c1-24-15(21)9-14-16(22)19-6-7-20(14)17(23)13-8-12(13)10-2-4-11(18)5-3-10/h2-5,12-14H,6-9H2,1H3,(H,19,22)/t12-,13-,14-/m1/s1. The van der Waals surface area contributed by atoms with Crippen LogP contribution in [0.4, 0.5) is 4.39 Å². The summed E-state index contributed by atoms with van der Waals surface area (Å²) in [5.41, 5.74) is 0.917. The molecule has 24 heavy (non-hydrogen) atoms. The van der Waals surface area contributed by atoms with Gasteiger partial charge in [-0.15, -0.1) is 0 Å². The second-order valence-corrected chi connectivity index (χ2v) is 6.12. The summed E-state index contributed by atoms with van der Waals surface area (Å²) in [6.45, 7) is 0.745. The van der Waals surface area contributed by atoms with Crippen LogP contribution in [0.1, 0.15) is 24.3 Å². The lowest BCUT2D eigenvalue weighted by atomic mass is 10.1. The third kappa shape index (κ3) is 3.25. The van der Waals surface area contributed by atoms with E-state index in [1.807, 2.05) is 0 Å². The first-order valence-electron chi connectivity index (χ1n) is 7.91. The van der Waals surface area contributed by atoms with Gasteiger partial charge in [0.2, 0.25) is 11.8 Å². The van der Waals surface area contributed by atoms with Gasteiger partial charge in [-0.3, -0.25) is 14.4 Å². The predicted molar refractivity (Wildman–Crippen MR) is 82.4 cm³/mol. The van der Waals surface area contributed by atoms with Gasteiger partial charge in [-0.25, -0.2) is 4.39 Å². The molecule has 2 fully saturated rings. The van der Waals surface area contributed by atoms with Gasteiger partial charge in [0.1, 0.15) is 11.9 Å². The zero-order valence-corrected chi connectivity index (χ0v) is 13.3. The fourth-order valence-corrected chi connectivity index (χ4v) is 3.18. The number of halogens is 1. The van der Waals surface area contributed by atoms with E-state index in [2.05, 4.69) is 10.1 Å². The summed E-state index contributed by atoms with van der Waals surface area (Å²) < 4.78 is 17.6. The Hall–Kier alpha value is -2.44. The number of rotatable bonds is 4. The van der Waals surface area contributed by atoms with E-state index in [-0.39, 0.29) is 35.9 Å². The highest BCUT2D eigenvalue weighted by Gasteiger charge is 2.48. The van der Waals surface area contributed by atoms with Crippen LogP contribution in [0.15, 0.2) is 24.3 Å². The first-order valence-corrected chi connectivity index (χ1v) is 7.91. The van der Waals surface area contributed by atoms with Crippen LogP contribution in [0.2, 0.25) is 0 Å². The van der Waals surface area contributed by atoms with Crippen LogP contribution in [-0.2, 0) is 19.1 Å². The van der Waals surface area contributed by atoms with Crippen molar-refractivity contribution in [2.45, 2.75) is 24.8 Å². The second kappa shape index (κ2) is 6.59. The fourth-order valence-electron chi connectivity index (χ4n) is 3.18. The number of hydrogen-bond donors (Lipinski definition) is 1. The van der Waals surface area contributed by atoms with Gasteiger partial charge >= 0.3 is 5.97 Å². The lowest BCUT2D eigenvalue weighted by Crippen LogP contribution is -2.58. The molecule has 1 aromatic carbocycles. The molecule has 3 rings (SSSR count). The topological polar surface area (TPSA) is 75.7 Å². The fraction of sp³-hybridized carbons (Fsp3) is 0.471. The Morgan fingerprint density at radius 1 is 1.33 bits per heavy atom. The monoisotopic (exact) mass is 334 g/mol. The summed E-state index contributed by atoms with van der Waals surface area (Å²) in [5.74, 6) is -1.48. The van der Waals surface area contributed by atoms with Crippen molar-refractivity contribution >= 4 is 17.8 Å². The van der Waals surface area contributed by atoms with Crippen molar-refractivity contribution in [3.63, 3.8) is 0 Å². The molecule has 0 aromatic heterocycles. The summed E-state index contributed by atoms with van der Waals surface area (Å²) >= 11 is 0. The highest BCUT2D eigenvalue weighted by Crippen LogP contribution is 2.48. The molecule has 7 heteroatoms. The molecule has 1 saturated heterocycles. The van der Waals surface area contributed by atoms with Gasteiger partial charge < -0.3 is 15.0 Å². The predicted octanol–water partition coefficient (Wildman–Crippen LogP) is 0.819. The quantitative estimate of drug-likeness (QED) is 0.827. The van der Waals surface area contributed by atoms with Crippen molar-refractivity contribution in [1.29, 1.82) is 0 Å². The number of nitrogens with one attached hydrogen (secondary N) is 1. The van der Waals surface area contributed by atoms with Crippen LogP contribution >= 0.6 is 0 Å². The molecule has 0 spiro atoms. The van der Waals surface area contributed by atoms with E-state index >= 15 is 0 Å². The minimum atomic E-state index is -0.826. The molecule has 0 unspecified atom stereocenters. The zero-order chi connectivity index (χ0) is 17.3. The molecule has 1 aliphatic carbocycles. The van der Waals surface area contributed by atoms with Crippen LogP contribution in [-0.4, -0.2) is 48.9 Å². The maximum Gasteiger partial charge on any atom is 0.308 e. The number of methoxy groups -OCH3 is 1. The van der Waals surface area contributed by atoms with Gasteiger partial charge in [0.25, 0.3) is 0 Å². The molecule has 1 N–H and O–H groups in total. The highest BCUT2D eigenvalue weighted by molar-refractivity contribution is 5.93. The van der Waals surface area contributed by atoms with E-state index in [0.717, 1.165) is 5.56 Å². The van der Waals surface area contributed by atoms with Gasteiger partial charge in [0, 0.05) is 19.0 Å². The van der Waals surface area contributed by atoms with Crippen LogP contribution in [0.3, 0.4) is 0 Å². The van der Waals surface area contributed by atoms with Crippen LogP contribution in [0.5, 0.6) is 0 Å². The third-order valence-corrected chi connectivity index (χ3v) is 4.61. The lowest BCUT2D eigenvalue weighted by Gasteiger charge is -2.34. The third-order valence-electron chi connectivity index (χ3n) is 4.61. The molecule has 2 aliphatic rings. The van der Waals surface area contributed by atoms with E-state index in [1.54, 1.807) is 12.1 Å². The second-order valence-electron chi connectivity index (χ2n) is 6.12. The number of nitrogens with zero attached hydrogens (tertiary/aromatic N) is 1. The normalized spacial score (nSPS) is 25.8. The molecule has 1 heterocycles. The molecule has 0 bridgehead atoms. The van der Waals surface area contributed by atoms with E-state index in [9.17, 15) is 18.8 Å². The van der Waals surface area contributed by atoms with Crippen LogP contribution in [0.25, 0.3) is 0 Å². The van der Waals surface area contributed by atoms with E-state index in [4.69, 9.17) is 0 Å². The molecule has 0 radical (unpaired) electrons. The maximum atomic E-state index is 13.0. The van der Waals surface area contributed by atoms with Crippen molar-refractivity contribution in [3.05, 3.63) is 35.6 Å². The number of ether oxygens (including phenoxy) is 1. The molecule has 128 valence electrons. The highest BCUT2D eigenvalue weighted by atomic mass is 19.1. The molecule has 1 aromatic rings. The first-order chi connectivity index (χ1) is 11.5. The van der Waals surface area contributed by atoms with E-state index in [1.165, 1.54) is 24.1 Å². The van der Waals surface area contributed by atoms with Crippen molar-refractivity contribution in [2.75, 3.05) is 20.2 Å². The molecule has 1 saturated carbocycles. The molecular weight excluding hydrogens is 315 g/mol. The molecule has 1 aliphatic heterocycles. The molecular formula is C17H19FN2O4. The van der Waals surface area contributed by atoms with Crippen molar-refractivity contribution in [1.82, 2.24) is 10.2 Å². The number of carbonyl (C=O) groups is 3. The summed E-state index contributed by atoms with van der Waals surface area (Å²) in [6, 6.07) is 5.30. The summed E-state index contributed by atoms with van der Waals surface area (Å²) in [5, 5.41) is 2.67. The number of esters is 1. The lowest BCUT2D eigenvalue weighted by molar-refractivity contribution is -0.150. The number of amides is 2. The minimum Gasteiger partial charge on any atom is -0.469 e. The number of hydrogen-bond acceptors (Lipinski definition) is 4. The summed E-state index contributed by atoms with van der Waals surface area (Å²) in [6.07, 6.45) is 0.523. The van der Waals surface area contributed by atoms with Gasteiger partial charge in [0.15, 0.2) is 0 Å². The van der Waals surface area contributed by atoms with Crippen molar-refractivity contribution < 1.29 is 23.5 Å². The Kier molecular flexibility index (Phi) is 4.51. The average Bonchev–Trinajstić information content (AvgIpc) is 3.37. The Bertz CT molecular complexity index is 661.